The third kappa shape index (κ3) is 3.31. The molecule has 2 saturated carbocycles. The van der Waals surface area contributed by atoms with Gasteiger partial charge in [0.05, 0.1) is 5.92 Å². The van der Waals surface area contributed by atoms with Crippen LogP contribution in [0.25, 0.3) is 0 Å². The number of carbonyl (C=O) groups is 2. The Morgan fingerprint density at radius 2 is 1.60 bits per heavy atom. The van der Waals surface area contributed by atoms with E-state index in [1.165, 1.54) is 18.4 Å². The molecule has 2 fully saturated rings. The van der Waals surface area contributed by atoms with Crippen molar-refractivity contribution in [3.05, 3.63) is 29.8 Å². The molecule has 1 heterocycles. The molecule has 0 bridgehead atoms. The molecule has 4 nitrogen and oxygen atoms in total. The standard InChI is InChI=1S/C21H28N2O2/c24-20(22-16-8-2-3-9-16)17-10-4-5-11-18(17)21(25)23-14-13-15-7-1-6-12-19(15)23/h1,6-7,12,16-18H,2-5,8-11,13-14H2,(H,22,24). The topological polar surface area (TPSA) is 49.4 Å². The molecule has 0 saturated heterocycles. The molecule has 1 N–H and O–H groups in total. The molecule has 3 aliphatic rings. The van der Waals surface area contributed by atoms with Gasteiger partial charge in [0.15, 0.2) is 0 Å². The van der Waals surface area contributed by atoms with Gasteiger partial charge in [-0.05, 0) is 43.7 Å². The predicted molar refractivity (Wildman–Crippen MR) is 98.3 cm³/mol. The highest BCUT2D eigenvalue weighted by Gasteiger charge is 2.40. The van der Waals surface area contributed by atoms with Crippen LogP contribution in [-0.2, 0) is 16.0 Å². The van der Waals surface area contributed by atoms with E-state index >= 15 is 0 Å². The Balaban J connectivity index is 1.49. The van der Waals surface area contributed by atoms with Crippen molar-refractivity contribution in [2.24, 2.45) is 11.8 Å². The first-order valence-electron chi connectivity index (χ1n) is 9.93. The van der Waals surface area contributed by atoms with E-state index in [9.17, 15) is 9.59 Å². The number of para-hydroxylation sites is 1. The maximum absolute atomic E-state index is 13.3. The summed E-state index contributed by atoms with van der Waals surface area (Å²) in [5.74, 6) is -0.00965. The van der Waals surface area contributed by atoms with Gasteiger partial charge in [-0.15, -0.1) is 0 Å². The molecule has 4 heteroatoms. The zero-order valence-electron chi connectivity index (χ0n) is 14.9. The molecule has 2 atom stereocenters. The minimum Gasteiger partial charge on any atom is -0.353 e. The number of carbonyl (C=O) groups excluding carboxylic acids is 2. The summed E-state index contributed by atoms with van der Waals surface area (Å²) >= 11 is 0. The molecule has 2 unspecified atom stereocenters. The third-order valence-corrected chi connectivity index (χ3v) is 6.27. The zero-order chi connectivity index (χ0) is 17.2. The van der Waals surface area contributed by atoms with E-state index in [1.54, 1.807) is 0 Å². The van der Waals surface area contributed by atoms with Crippen molar-refractivity contribution in [1.82, 2.24) is 5.32 Å². The molecular formula is C21H28N2O2. The molecule has 0 aromatic heterocycles. The molecule has 1 aliphatic heterocycles. The molecule has 1 aromatic rings. The highest BCUT2D eigenvalue weighted by Crippen LogP contribution is 2.36. The van der Waals surface area contributed by atoms with Gasteiger partial charge in [-0.1, -0.05) is 43.9 Å². The monoisotopic (exact) mass is 340 g/mol. The number of rotatable bonds is 3. The Morgan fingerprint density at radius 3 is 2.40 bits per heavy atom. The summed E-state index contributed by atoms with van der Waals surface area (Å²) in [7, 11) is 0. The number of hydrogen-bond acceptors (Lipinski definition) is 2. The lowest BCUT2D eigenvalue weighted by atomic mass is 9.77. The van der Waals surface area contributed by atoms with E-state index in [0.29, 0.717) is 6.04 Å². The quantitative estimate of drug-likeness (QED) is 0.916. The van der Waals surface area contributed by atoms with E-state index in [-0.39, 0.29) is 23.7 Å². The van der Waals surface area contributed by atoms with Gasteiger partial charge in [0.25, 0.3) is 0 Å². The fourth-order valence-electron chi connectivity index (χ4n) is 4.89. The summed E-state index contributed by atoms with van der Waals surface area (Å²) in [6, 6.07) is 8.50. The number of hydrogen-bond donors (Lipinski definition) is 1. The second-order valence-corrected chi connectivity index (χ2v) is 7.86. The van der Waals surface area contributed by atoms with Crippen LogP contribution in [-0.4, -0.2) is 24.4 Å². The van der Waals surface area contributed by atoms with Gasteiger partial charge >= 0.3 is 0 Å². The first-order valence-corrected chi connectivity index (χ1v) is 9.93. The summed E-state index contributed by atoms with van der Waals surface area (Å²) in [6.45, 7) is 0.756. The average molecular weight is 340 g/mol. The SMILES string of the molecule is O=C(NC1CCCC1)C1CCCCC1C(=O)N1CCc2ccccc21. The second kappa shape index (κ2) is 7.19. The average Bonchev–Trinajstić information content (AvgIpc) is 3.30. The molecule has 0 spiro atoms. The van der Waals surface area contributed by atoms with Gasteiger partial charge in [0.1, 0.15) is 0 Å². The molecule has 134 valence electrons. The second-order valence-electron chi connectivity index (χ2n) is 7.86. The molecule has 4 rings (SSSR count). The van der Waals surface area contributed by atoms with Crippen LogP contribution >= 0.6 is 0 Å². The van der Waals surface area contributed by atoms with Crippen LogP contribution in [0.15, 0.2) is 24.3 Å². The Labute approximate surface area is 150 Å². The van der Waals surface area contributed by atoms with Crippen molar-refractivity contribution in [2.75, 3.05) is 11.4 Å². The fraction of sp³-hybridized carbons (Fsp3) is 0.619. The van der Waals surface area contributed by atoms with Crippen LogP contribution in [0.3, 0.4) is 0 Å². The number of fused-ring (bicyclic) bond motifs is 1. The van der Waals surface area contributed by atoms with Gasteiger partial charge in [-0.3, -0.25) is 9.59 Å². The van der Waals surface area contributed by atoms with Gasteiger partial charge in [0.2, 0.25) is 11.8 Å². The molecule has 0 radical (unpaired) electrons. The minimum absolute atomic E-state index is 0.123. The lowest BCUT2D eigenvalue weighted by Gasteiger charge is -2.33. The van der Waals surface area contributed by atoms with Crippen LogP contribution in [0, 0.1) is 11.8 Å². The van der Waals surface area contributed by atoms with Crippen LogP contribution < -0.4 is 10.2 Å². The Hall–Kier alpha value is -1.84. The Morgan fingerprint density at radius 1 is 0.920 bits per heavy atom. The van der Waals surface area contributed by atoms with Crippen LogP contribution in [0.2, 0.25) is 0 Å². The van der Waals surface area contributed by atoms with E-state index in [2.05, 4.69) is 11.4 Å². The molecule has 2 amide bonds. The van der Waals surface area contributed by atoms with E-state index in [1.807, 2.05) is 23.1 Å². The Bertz CT molecular complexity index is 651. The highest BCUT2D eigenvalue weighted by atomic mass is 16.2. The smallest absolute Gasteiger partial charge is 0.230 e. The van der Waals surface area contributed by atoms with Gasteiger partial charge in [-0.2, -0.15) is 0 Å². The van der Waals surface area contributed by atoms with Crippen molar-refractivity contribution < 1.29 is 9.59 Å². The van der Waals surface area contributed by atoms with Gasteiger partial charge in [-0.25, -0.2) is 0 Å². The van der Waals surface area contributed by atoms with E-state index in [0.717, 1.165) is 57.2 Å². The summed E-state index contributed by atoms with van der Waals surface area (Å²) in [5.41, 5.74) is 2.30. The maximum atomic E-state index is 13.3. The molecule has 1 aromatic carbocycles. The van der Waals surface area contributed by atoms with Gasteiger partial charge < -0.3 is 10.2 Å². The van der Waals surface area contributed by atoms with E-state index < -0.39 is 0 Å². The third-order valence-electron chi connectivity index (χ3n) is 6.27. The lowest BCUT2D eigenvalue weighted by molar-refractivity contribution is -0.135. The van der Waals surface area contributed by atoms with Crippen molar-refractivity contribution in [2.45, 2.75) is 63.8 Å². The molecule has 2 aliphatic carbocycles. The molecular weight excluding hydrogens is 312 g/mol. The summed E-state index contributed by atoms with van der Waals surface area (Å²) in [4.78, 5) is 28.0. The number of nitrogens with zero attached hydrogens (tertiary/aromatic N) is 1. The Kier molecular flexibility index (Phi) is 4.78. The normalized spacial score (nSPS) is 26.5. The minimum atomic E-state index is -0.152. The van der Waals surface area contributed by atoms with Crippen molar-refractivity contribution in [3.63, 3.8) is 0 Å². The first-order chi connectivity index (χ1) is 12.2. The molecule has 25 heavy (non-hydrogen) atoms. The van der Waals surface area contributed by atoms with Crippen LogP contribution in [0.1, 0.15) is 56.9 Å². The predicted octanol–water partition coefficient (Wildman–Crippen LogP) is 3.44. The number of anilines is 1. The largest absolute Gasteiger partial charge is 0.353 e. The number of benzene rings is 1. The summed E-state index contributed by atoms with van der Waals surface area (Å²) in [6.07, 6.45) is 9.35. The number of amides is 2. The van der Waals surface area contributed by atoms with Crippen molar-refractivity contribution in [1.29, 1.82) is 0 Å². The highest BCUT2D eigenvalue weighted by molar-refractivity contribution is 5.99. The zero-order valence-corrected chi connectivity index (χ0v) is 14.9. The van der Waals surface area contributed by atoms with Crippen LogP contribution in [0.5, 0.6) is 0 Å². The van der Waals surface area contributed by atoms with E-state index in [4.69, 9.17) is 0 Å². The lowest BCUT2D eigenvalue weighted by Crippen LogP contribution is -2.47. The maximum Gasteiger partial charge on any atom is 0.230 e. The fourth-order valence-corrected chi connectivity index (χ4v) is 4.89. The van der Waals surface area contributed by atoms with Crippen molar-refractivity contribution >= 4 is 17.5 Å². The number of nitrogens with one attached hydrogen (secondary N) is 1. The first kappa shape index (κ1) is 16.6. The summed E-state index contributed by atoms with van der Waals surface area (Å²) < 4.78 is 0. The summed E-state index contributed by atoms with van der Waals surface area (Å²) in [5, 5.41) is 3.23. The van der Waals surface area contributed by atoms with Gasteiger partial charge in [0, 0.05) is 24.2 Å². The van der Waals surface area contributed by atoms with Crippen LogP contribution in [0.4, 0.5) is 5.69 Å². The van der Waals surface area contributed by atoms with Crippen molar-refractivity contribution in [3.8, 4) is 0 Å².